The summed E-state index contributed by atoms with van der Waals surface area (Å²) in [6.07, 6.45) is 0. The van der Waals surface area contributed by atoms with E-state index in [1.54, 1.807) is 0 Å². The van der Waals surface area contributed by atoms with Gasteiger partial charge in [0.25, 0.3) is 0 Å². The highest BCUT2D eigenvalue weighted by molar-refractivity contribution is 9.33. The molecule has 0 saturated carbocycles. The maximum atomic E-state index is 9.84. The predicted molar refractivity (Wildman–Crippen MR) is 43.3 cm³/mol. The van der Waals surface area contributed by atoms with Crippen LogP contribution in [-0.4, -0.2) is 13.0 Å². The Bertz CT molecular complexity index is 132. The van der Waals surface area contributed by atoms with Gasteiger partial charge in [-0.3, -0.25) is 4.55 Å². The summed E-state index contributed by atoms with van der Waals surface area (Å²) in [5.74, 6) is 0. The van der Waals surface area contributed by atoms with Gasteiger partial charge >= 0.3 is 9.15 Å². The molecule has 3 nitrogen and oxygen atoms in total. The van der Waals surface area contributed by atoms with Gasteiger partial charge in [-0.2, -0.15) is 8.42 Å². The van der Waals surface area contributed by atoms with Crippen LogP contribution in [0.3, 0.4) is 0 Å². The first kappa shape index (κ1) is 9.31. The van der Waals surface area contributed by atoms with E-state index in [0.29, 0.717) is 9.83 Å². The van der Waals surface area contributed by atoms with Gasteiger partial charge in [0, 0.05) is 9.83 Å². The Morgan fingerprint density at radius 1 is 1.50 bits per heavy atom. The van der Waals surface area contributed by atoms with Crippen LogP contribution in [0.2, 0.25) is 0 Å². The second kappa shape index (κ2) is 4.18. The zero-order valence-electron chi connectivity index (χ0n) is 3.34. The highest BCUT2D eigenvalue weighted by Crippen LogP contribution is 2.39. The minimum Gasteiger partial charge on any atom is -0.277 e. The van der Waals surface area contributed by atoms with Gasteiger partial charge in [0.05, 0.1) is 9.83 Å². The quantitative estimate of drug-likeness (QED) is 0.420. The lowest BCUT2D eigenvalue weighted by molar-refractivity contribution is 0.503. The zero-order valence-corrected chi connectivity index (χ0v) is 7.50. The number of hydrogen-bond donors (Lipinski definition) is 2. The molecule has 0 bridgehead atoms. The van der Waals surface area contributed by atoms with Crippen molar-refractivity contribution in [1.29, 1.82) is 0 Å². The topological polar surface area (TPSA) is 54.4 Å². The van der Waals surface area contributed by atoms with E-state index in [0.717, 1.165) is 19.7 Å². The molecule has 8 heteroatoms. The number of hydrogen-bond acceptors (Lipinski definition) is 6. The van der Waals surface area contributed by atoms with Crippen molar-refractivity contribution in [3.8, 4) is 0 Å². The van der Waals surface area contributed by atoms with Gasteiger partial charge in [0.1, 0.15) is 0 Å². The van der Waals surface area contributed by atoms with Crippen LogP contribution in [0.5, 0.6) is 0 Å². The van der Waals surface area contributed by atoms with Crippen molar-refractivity contribution >= 4 is 50.3 Å². The van der Waals surface area contributed by atoms with Gasteiger partial charge in [-0.15, -0.1) is 0 Å². The molecule has 0 aromatic heterocycles. The minimum absolute atomic E-state index is 0.365. The fraction of sp³-hybridized carbons (Fsp3) is 0. The summed E-state index contributed by atoms with van der Waals surface area (Å²) in [7, 11) is -1.67. The minimum atomic E-state index is -3.88. The zero-order chi connectivity index (χ0) is 6.62. The second-order valence-corrected chi connectivity index (χ2v) is 8.23. The largest absolute Gasteiger partial charge is 0.330 e. The van der Waals surface area contributed by atoms with E-state index in [4.69, 9.17) is 4.55 Å². The molecule has 0 heterocycles. The summed E-state index contributed by atoms with van der Waals surface area (Å²) in [4.78, 5) is 0. The first-order chi connectivity index (χ1) is 3.56. The van der Waals surface area contributed by atoms with Crippen molar-refractivity contribution in [3.05, 3.63) is 0 Å². The van der Waals surface area contributed by atoms with Gasteiger partial charge < -0.3 is 0 Å². The number of rotatable bonds is 3. The van der Waals surface area contributed by atoms with E-state index >= 15 is 0 Å². The molecule has 1 N–H and O–H groups in total. The molecule has 0 saturated heterocycles. The van der Waals surface area contributed by atoms with E-state index < -0.39 is 9.15 Å². The molecular formula is H2O3S5. The highest BCUT2D eigenvalue weighted by Gasteiger charge is 2.03. The van der Waals surface area contributed by atoms with Crippen LogP contribution in [0.25, 0.3) is 0 Å². The van der Waals surface area contributed by atoms with Crippen molar-refractivity contribution in [2.75, 3.05) is 0 Å². The first-order valence-electron chi connectivity index (χ1n) is 1.20. The van der Waals surface area contributed by atoms with Gasteiger partial charge in [0.2, 0.25) is 0 Å². The van der Waals surface area contributed by atoms with Crippen LogP contribution >= 0.6 is 41.1 Å². The van der Waals surface area contributed by atoms with Crippen molar-refractivity contribution in [1.82, 2.24) is 0 Å². The van der Waals surface area contributed by atoms with Crippen LogP contribution in [0.1, 0.15) is 0 Å². The molecule has 0 aliphatic rings. The van der Waals surface area contributed by atoms with E-state index in [2.05, 4.69) is 11.7 Å². The third-order valence-electron chi connectivity index (χ3n) is 0.144. The summed E-state index contributed by atoms with van der Waals surface area (Å²) >= 11 is 3.62. The van der Waals surface area contributed by atoms with E-state index in [1.807, 2.05) is 0 Å². The van der Waals surface area contributed by atoms with Crippen molar-refractivity contribution in [2.24, 2.45) is 0 Å². The maximum Gasteiger partial charge on any atom is 0.330 e. The summed E-state index contributed by atoms with van der Waals surface area (Å²) in [5.41, 5.74) is 0. The highest BCUT2D eigenvalue weighted by atomic mass is 33.8. The fourth-order valence-corrected chi connectivity index (χ4v) is 5.86. The maximum absolute atomic E-state index is 9.84. The summed E-state index contributed by atoms with van der Waals surface area (Å²) in [6, 6.07) is 0. The number of thiol groups is 1. The fourth-order valence-electron chi connectivity index (χ4n) is 0.0475. The van der Waals surface area contributed by atoms with Crippen molar-refractivity contribution < 1.29 is 13.0 Å². The average molecular weight is 210 g/mol. The first-order valence-corrected chi connectivity index (χ1v) is 7.69. The summed E-state index contributed by atoms with van der Waals surface area (Å²) in [6.45, 7) is 0. The Morgan fingerprint density at radius 2 is 2.00 bits per heavy atom. The monoisotopic (exact) mass is 210 g/mol. The van der Waals surface area contributed by atoms with Crippen molar-refractivity contribution in [2.45, 2.75) is 0 Å². The standard InChI is InChI=1S/H2O3S5/c1-8(2,3)7-6-5-4/h4H,(H,1,2,3). The lowest BCUT2D eigenvalue weighted by atomic mass is 15.9. The second-order valence-electron chi connectivity index (χ2n) is 0.638. The Balaban J connectivity index is 3.42. The van der Waals surface area contributed by atoms with Crippen LogP contribution in [0.4, 0.5) is 0 Å². The van der Waals surface area contributed by atoms with E-state index in [9.17, 15) is 8.42 Å². The molecule has 0 rings (SSSR count). The molecule has 0 aliphatic carbocycles. The van der Waals surface area contributed by atoms with Crippen molar-refractivity contribution in [3.63, 3.8) is 0 Å². The molecule has 0 atom stereocenters. The lowest BCUT2D eigenvalue weighted by Crippen LogP contribution is -1.83. The van der Waals surface area contributed by atoms with E-state index in [1.165, 1.54) is 0 Å². The lowest BCUT2D eigenvalue weighted by Gasteiger charge is -1.86. The SMILES string of the molecule is O=S(=O)(O)SSSS. The molecule has 8 heavy (non-hydrogen) atoms. The van der Waals surface area contributed by atoms with Crippen LogP contribution in [0.15, 0.2) is 0 Å². The Kier molecular flexibility index (Phi) is 4.86. The molecule has 0 aliphatic heterocycles. The Morgan fingerprint density at radius 3 is 2.12 bits per heavy atom. The third kappa shape index (κ3) is 7.31. The summed E-state index contributed by atoms with van der Waals surface area (Å²) < 4.78 is 27.7. The van der Waals surface area contributed by atoms with Crippen LogP contribution in [-0.2, 0) is 9.15 Å². The van der Waals surface area contributed by atoms with Crippen LogP contribution in [0, 0.1) is 0 Å². The Labute approximate surface area is 63.1 Å². The van der Waals surface area contributed by atoms with Gasteiger partial charge in [-0.05, 0) is 9.83 Å². The van der Waals surface area contributed by atoms with E-state index in [-0.39, 0.29) is 0 Å². The molecule has 0 spiro atoms. The molecule has 0 unspecified atom stereocenters. The predicted octanol–water partition coefficient (Wildman–Crippen LogP) is 1.66. The molecule has 0 radical (unpaired) electrons. The van der Waals surface area contributed by atoms with Gasteiger partial charge in [-0.25, -0.2) is 0 Å². The third-order valence-corrected chi connectivity index (χ3v) is 7.04. The van der Waals surface area contributed by atoms with Crippen LogP contribution < -0.4 is 0 Å². The van der Waals surface area contributed by atoms with Gasteiger partial charge in [0.15, 0.2) is 0 Å². The molecule has 0 fully saturated rings. The molecule has 50 valence electrons. The molecule has 0 amide bonds. The van der Waals surface area contributed by atoms with Gasteiger partial charge in [-0.1, -0.05) is 11.7 Å². The molecule has 0 aromatic carbocycles. The average Bonchev–Trinajstić information content (AvgIpc) is 1.59. The Hall–Kier alpha value is 1.31. The summed E-state index contributed by atoms with van der Waals surface area (Å²) in [5, 5.41) is 0. The smallest absolute Gasteiger partial charge is 0.277 e. The molecular weight excluding hydrogens is 208 g/mol. The normalized spacial score (nSPS) is 11.8. The molecule has 0 aromatic rings.